The number of hydrogen-bond donors (Lipinski definition) is 1. The SMILES string of the molecule is C[C@@H]1CCCN(C(=O)c2c(Cl)cccc2-n2nccn2)C1CNc1ncc(Cl)cn1. The molecule has 1 saturated heterocycles. The number of aromatic nitrogens is 5. The average Bonchev–Trinajstić information content (AvgIpc) is 3.28. The molecule has 0 aliphatic carbocycles. The molecule has 3 heterocycles. The predicted octanol–water partition coefficient (Wildman–Crippen LogP) is 3.72. The highest BCUT2D eigenvalue weighted by molar-refractivity contribution is 6.34. The summed E-state index contributed by atoms with van der Waals surface area (Å²) in [5.74, 6) is 0.642. The highest BCUT2D eigenvalue weighted by Crippen LogP contribution is 2.30. The number of carbonyl (C=O) groups excluding carboxylic acids is 1. The normalized spacial score (nSPS) is 19.0. The van der Waals surface area contributed by atoms with Gasteiger partial charge in [0.05, 0.1) is 52.1 Å². The summed E-state index contributed by atoms with van der Waals surface area (Å²) < 4.78 is 0. The standard InChI is InChI=1S/C20H21Cl2N7O/c1-13-4-3-9-28(17(13)12-25-20-23-10-14(21)11-24-20)19(30)18-15(22)5-2-6-16(18)29-26-7-8-27-29/h2,5-8,10-11,13,17H,3-4,9,12H2,1H3,(H,23,24,25)/t13-,17?/m1/s1. The molecular formula is C20H21Cl2N7O. The summed E-state index contributed by atoms with van der Waals surface area (Å²) >= 11 is 12.3. The van der Waals surface area contributed by atoms with Crippen LogP contribution in [0.5, 0.6) is 0 Å². The average molecular weight is 446 g/mol. The number of halogens is 2. The molecule has 156 valence electrons. The largest absolute Gasteiger partial charge is 0.352 e. The van der Waals surface area contributed by atoms with E-state index in [1.807, 2.05) is 4.90 Å². The number of amides is 1. The van der Waals surface area contributed by atoms with Gasteiger partial charge in [0, 0.05) is 13.1 Å². The first-order chi connectivity index (χ1) is 14.5. The predicted molar refractivity (Wildman–Crippen MR) is 115 cm³/mol. The van der Waals surface area contributed by atoms with Gasteiger partial charge < -0.3 is 10.2 Å². The lowest BCUT2D eigenvalue weighted by atomic mass is 9.90. The number of nitrogens with zero attached hydrogens (tertiary/aromatic N) is 6. The minimum Gasteiger partial charge on any atom is -0.352 e. The van der Waals surface area contributed by atoms with Crippen LogP contribution in [0.25, 0.3) is 5.69 Å². The quantitative estimate of drug-likeness (QED) is 0.643. The first kappa shape index (κ1) is 20.6. The highest BCUT2D eigenvalue weighted by atomic mass is 35.5. The number of benzene rings is 1. The van der Waals surface area contributed by atoms with Gasteiger partial charge in [0.1, 0.15) is 0 Å². The summed E-state index contributed by atoms with van der Waals surface area (Å²) in [5.41, 5.74) is 0.959. The number of rotatable bonds is 5. The Labute approximate surface area is 184 Å². The second kappa shape index (κ2) is 8.97. The van der Waals surface area contributed by atoms with Crippen LogP contribution in [0, 0.1) is 5.92 Å². The van der Waals surface area contributed by atoms with Gasteiger partial charge in [0.15, 0.2) is 0 Å². The van der Waals surface area contributed by atoms with Crippen LogP contribution in [0.3, 0.4) is 0 Å². The molecule has 10 heteroatoms. The fourth-order valence-corrected chi connectivity index (χ4v) is 4.13. The van der Waals surface area contributed by atoms with Gasteiger partial charge in [-0.2, -0.15) is 15.0 Å². The van der Waals surface area contributed by atoms with E-state index in [1.165, 1.54) is 17.2 Å². The van der Waals surface area contributed by atoms with Gasteiger partial charge in [-0.15, -0.1) is 0 Å². The van der Waals surface area contributed by atoms with Crippen LogP contribution in [0.2, 0.25) is 10.0 Å². The van der Waals surface area contributed by atoms with Gasteiger partial charge in [0.25, 0.3) is 5.91 Å². The van der Waals surface area contributed by atoms with E-state index >= 15 is 0 Å². The Bertz CT molecular complexity index is 1010. The summed E-state index contributed by atoms with van der Waals surface area (Å²) in [4.78, 5) is 25.3. The minimum absolute atomic E-state index is 0.0415. The van der Waals surface area contributed by atoms with E-state index < -0.39 is 0 Å². The van der Waals surface area contributed by atoms with Gasteiger partial charge >= 0.3 is 0 Å². The Morgan fingerprint density at radius 1 is 1.20 bits per heavy atom. The fraction of sp³-hybridized carbons (Fsp3) is 0.350. The summed E-state index contributed by atoms with van der Waals surface area (Å²) in [6, 6.07) is 5.25. The van der Waals surface area contributed by atoms with Gasteiger partial charge in [-0.25, -0.2) is 9.97 Å². The Balaban J connectivity index is 1.61. The zero-order chi connectivity index (χ0) is 21.1. The Hall–Kier alpha value is -2.71. The monoisotopic (exact) mass is 445 g/mol. The van der Waals surface area contributed by atoms with E-state index in [-0.39, 0.29) is 11.9 Å². The molecule has 0 spiro atoms. The number of anilines is 1. The van der Waals surface area contributed by atoms with Gasteiger partial charge in [-0.1, -0.05) is 36.2 Å². The van der Waals surface area contributed by atoms with E-state index in [2.05, 4.69) is 32.4 Å². The zero-order valence-electron chi connectivity index (χ0n) is 16.4. The summed E-state index contributed by atoms with van der Waals surface area (Å²) in [6.45, 7) is 3.32. The third-order valence-electron chi connectivity index (χ3n) is 5.31. The Morgan fingerprint density at radius 2 is 1.93 bits per heavy atom. The van der Waals surface area contributed by atoms with Crippen molar-refractivity contribution in [3.63, 3.8) is 0 Å². The van der Waals surface area contributed by atoms with Crippen LogP contribution >= 0.6 is 23.2 Å². The van der Waals surface area contributed by atoms with Crippen molar-refractivity contribution in [3.8, 4) is 5.69 Å². The Morgan fingerprint density at radius 3 is 2.67 bits per heavy atom. The van der Waals surface area contributed by atoms with Gasteiger partial charge in [0.2, 0.25) is 5.95 Å². The topological polar surface area (TPSA) is 88.8 Å². The maximum atomic E-state index is 13.6. The van der Waals surface area contributed by atoms with E-state index in [9.17, 15) is 4.79 Å². The molecule has 1 aromatic carbocycles. The van der Waals surface area contributed by atoms with Crippen molar-refractivity contribution >= 4 is 35.1 Å². The maximum Gasteiger partial charge on any atom is 0.257 e. The number of piperidine rings is 1. The molecule has 1 aliphatic rings. The van der Waals surface area contributed by atoms with Crippen molar-refractivity contribution in [2.45, 2.75) is 25.8 Å². The molecule has 3 aromatic rings. The van der Waals surface area contributed by atoms with E-state index in [4.69, 9.17) is 23.2 Å². The van der Waals surface area contributed by atoms with Crippen molar-refractivity contribution in [2.24, 2.45) is 5.92 Å². The van der Waals surface area contributed by atoms with Crippen LogP contribution in [-0.4, -0.2) is 54.9 Å². The number of hydrogen-bond acceptors (Lipinski definition) is 6. The highest BCUT2D eigenvalue weighted by Gasteiger charge is 2.34. The second-order valence-corrected chi connectivity index (χ2v) is 8.09. The molecular weight excluding hydrogens is 425 g/mol. The third-order valence-corrected chi connectivity index (χ3v) is 5.82. The molecule has 8 nitrogen and oxygen atoms in total. The molecule has 1 amide bonds. The van der Waals surface area contributed by atoms with Crippen molar-refractivity contribution in [2.75, 3.05) is 18.4 Å². The lowest BCUT2D eigenvalue weighted by molar-refractivity contribution is 0.0539. The fourth-order valence-electron chi connectivity index (χ4n) is 3.79. The molecule has 4 rings (SSSR count). The minimum atomic E-state index is -0.136. The maximum absolute atomic E-state index is 13.6. The number of nitrogens with one attached hydrogen (secondary N) is 1. The van der Waals surface area contributed by atoms with Crippen LogP contribution in [0.1, 0.15) is 30.1 Å². The summed E-state index contributed by atoms with van der Waals surface area (Å²) in [7, 11) is 0. The number of carbonyl (C=O) groups is 1. The molecule has 0 radical (unpaired) electrons. The van der Waals surface area contributed by atoms with Crippen LogP contribution in [0.15, 0.2) is 43.0 Å². The summed E-state index contributed by atoms with van der Waals surface area (Å²) in [6.07, 6.45) is 8.18. The van der Waals surface area contributed by atoms with E-state index in [1.54, 1.807) is 30.6 Å². The summed E-state index contributed by atoms with van der Waals surface area (Å²) in [5, 5.41) is 12.4. The lowest BCUT2D eigenvalue weighted by Crippen LogP contribution is -2.51. The lowest BCUT2D eigenvalue weighted by Gasteiger charge is -2.40. The van der Waals surface area contributed by atoms with Crippen LogP contribution in [-0.2, 0) is 0 Å². The molecule has 0 saturated carbocycles. The molecule has 2 aromatic heterocycles. The van der Waals surface area contributed by atoms with Crippen LogP contribution in [0.4, 0.5) is 5.95 Å². The smallest absolute Gasteiger partial charge is 0.257 e. The van der Waals surface area contributed by atoms with E-state index in [0.29, 0.717) is 46.3 Å². The molecule has 1 N–H and O–H groups in total. The van der Waals surface area contributed by atoms with Gasteiger partial charge in [-0.05, 0) is 30.9 Å². The van der Waals surface area contributed by atoms with Crippen LogP contribution < -0.4 is 5.32 Å². The van der Waals surface area contributed by atoms with Crippen molar-refractivity contribution < 1.29 is 4.79 Å². The van der Waals surface area contributed by atoms with Gasteiger partial charge in [-0.3, -0.25) is 4.79 Å². The second-order valence-electron chi connectivity index (χ2n) is 7.24. The molecule has 30 heavy (non-hydrogen) atoms. The molecule has 0 bridgehead atoms. The van der Waals surface area contributed by atoms with E-state index in [0.717, 1.165) is 12.8 Å². The molecule has 2 atom stereocenters. The zero-order valence-corrected chi connectivity index (χ0v) is 17.9. The van der Waals surface area contributed by atoms with Crippen molar-refractivity contribution in [3.05, 3.63) is 58.6 Å². The number of likely N-dealkylation sites (tertiary alicyclic amines) is 1. The first-order valence-electron chi connectivity index (χ1n) is 9.72. The molecule has 1 fully saturated rings. The molecule has 1 unspecified atom stereocenters. The Kier molecular flexibility index (Phi) is 6.15. The van der Waals surface area contributed by atoms with Crippen molar-refractivity contribution in [1.82, 2.24) is 29.9 Å². The molecule has 1 aliphatic heterocycles. The first-order valence-corrected chi connectivity index (χ1v) is 10.5. The van der Waals surface area contributed by atoms with Crippen molar-refractivity contribution in [1.29, 1.82) is 0 Å². The third kappa shape index (κ3) is 4.24.